The highest BCUT2D eigenvalue weighted by molar-refractivity contribution is 8.13. The topological polar surface area (TPSA) is 117 Å². The van der Waals surface area contributed by atoms with Gasteiger partial charge in [0.2, 0.25) is 5.91 Å². The molecule has 1 saturated heterocycles. The van der Waals surface area contributed by atoms with Crippen LogP contribution in [0.25, 0.3) is 0 Å². The van der Waals surface area contributed by atoms with Crippen molar-refractivity contribution in [3.63, 3.8) is 0 Å². The van der Waals surface area contributed by atoms with Crippen LogP contribution in [0.5, 0.6) is 0 Å². The largest absolute Gasteiger partial charge is 0.469 e. The van der Waals surface area contributed by atoms with E-state index in [1.807, 2.05) is 13.8 Å². The maximum atomic E-state index is 12.5. The van der Waals surface area contributed by atoms with Gasteiger partial charge in [0, 0.05) is 30.2 Å². The number of methoxy groups -OCH3 is 1. The van der Waals surface area contributed by atoms with Crippen molar-refractivity contribution in [1.29, 1.82) is 0 Å². The fourth-order valence-corrected chi connectivity index (χ4v) is 3.54. The van der Waals surface area contributed by atoms with E-state index in [1.165, 1.54) is 18.9 Å². The third-order valence-corrected chi connectivity index (χ3v) is 5.43. The number of carbonyl (C=O) groups excluding carboxylic acids is 3. The van der Waals surface area contributed by atoms with Crippen LogP contribution in [0.1, 0.15) is 53.4 Å². The highest BCUT2D eigenvalue weighted by Crippen LogP contribution is 2.34. The van der Waals surface area contributed by atoms with Crippen LogP contribution in [0, 0.1) is 5.41 Å². The molecule has 1 aliphatic heterocycles. The monoisotopic (exact) mass is 418 g/mol. The first-order chi connectivity index (χ1) is 13.0. The molecule has 0 saturated carbocycles. The predicted octanol–water partition coefficient (Wildman–Crippen LogP) is 1.60. The molecule has 1 aliphatic rings. The summed E-state index contributed by atoms with van der Waals surface area (Å²) >= 11 is 1.17. The van der Waals surface area contributed by atoms with Crippen molar-refractivity contribution in [2.24, 2.45) is 11.1 Å². The lowest BCUT2D eigenvalue weighted by molar-refractivity contribution is -0.304. The number of nitrogens with two attached hydrogens (primary N) is 1. The van der Waals surface area contributed by atoms with E-state index in [2.05, 4.69) is 10.1 Å². The Morgan fingerprint density at radius 1 is 1.21 bits per heavy atom. The molecular formula is C19H34N2O6S. The summed E-state index contributed by atoms with van der Waals surface area (Å²) in [5.74, 6) is -0.757. The SMILES string of the molecule is COC(=O)CCC(=O)SCCC(N)CCNC(=O)[C@@H]1OC(C)(C)OCC1(C)C. The number of amides is 1. The third-order valence-electron chi connectivity index (χ3n) is 4.47. The highest BCUT2D eigenvalue weighted by Gasteiger charge is 2.45. The Morgan fingerprint density at radius 3 is 2.54 bits per heavy atom. The van der Waals surface area contributed by atoms with E-state index in [9.17, 15) is 14.4 Å². The van der Waals surface area contributed by atoms with Crippen LogP contribution in [-0.2, 0) is 28.6 Å². The van der Waals surface area contributed by atoms with Gasteiger partial charge in [0.15, 0.2) is 10.9 Å². The first kappa shape index (κ1) is 24.9. The molecule has 162 valence electrons. The molecule has 1 heterocycles. The van der Waals surface area contributed by atoms with Crippen molar-refractivity contribution < 1.29 is 28.6 Å². The Labute approximate surface area is 171 Å². The Balaban J connectivity index is 2.24. The van der Waals surface area contributed by atoms with Crippen molar-refractivity contribution in [3.8, 4) is 0 Å². The fraction of sp³-hybridized carbons (Fsp3) is 0.842. The summed E-state index contributed by atoms with van der Waals surface area (Å²) in [6.07, 6.45) is 0.934. The average Bonchev–Trinajstić information content (AvgIpc) is 2.61. The molecule has 1 unspecified atom stereocenters. The van der Waals surface area contributed by atoms with E-state index in [1.54, 1.807) is 13.8 Å². The van der Waals surface area contributed by atoms with Crippen LogP contribution in [0.15, 0.2) is 0 Å². The van der Waals surface area contributed by atoms with Crippen LogP contribution in [0.3, 0.4) is 0 Å². The molecule has 0 aromatic rings. The van der Waals surface area contributed by atoms with Crippen molar-refractivity contribution in [2.75, 3.05) is 26.0 Å². The fourth-order valence-electron chi connectivity index (χ4n) is 2.64. The number of nitrogens with one attached hydrogen (secondary N) is 1. The Morgan fingerprint density at radius 2 is 1.89 bits per heavy atom. The number of carbonyl (C=O) groups is 3. The van der Waals surface area contributed by atoms with Crippen molar-refractivity contribution in [1.82, 2.24) is 5.32 Å². The third kappa shape index (κ3) is 8.89. The Bertz CT molecular complexity index is 553. The number of thioether (sulfide) groups is 1. The van der Waals surface area contributed by atoms with Gasteiger partial charge in [-0.15, -0.1) is 0 Å². The standard InChI is InChI=1S/C19H34N2O6S/c1-18(2)12-26-19(3,4)27-16(18)17(24)21-10-8-13(20)9-11-28-15(23)7-6-14(22)25-5/h13,16H,6-12,20H2,1-5H3,(H,21,24)/t13?,16-/m0/s1. The van der Waals surface area contributed by atoms with Crippen molar-refractivity contribution in [3.05, 3.63) is 0 Å². The normalized spacial score (nSPS) is 21.6. The molecule has 0 aromatic carbocycles. The zero-order valence-corrected chi connectivity index (χ0v) is 18.4. The van der Waals surface area contributed by atoms with Crippen molar-refractivity contribution >= 4 is 28.8 Å². The summed E-state index contributed by atoms with van der Waals surface area (Å²) in [5, 5.41) is 2.84. The minimum atomic E-state index is -0.786. The van der Waals surface area contributed by atoms with Gasteiger partial charge in [0.1, 0.15) is 6.10 Å². The molecule has 9 heteroatoms. The summed E-state index contributed by atoms with van der Waals surface area (Å²) < 4.78 is 15.9. The summed E-state index contributed by atoms with van der Waals surface area (Å²) in [6.45, 7) is 8.35. The maximum Gasteiger partial charge on any atom is 0.305 e. The lowest BCUT2D eigenvalue weighted by Gasteiger charge is -2.44. The molecular weight excluding hydrogens is 384 g/mol. The average molecular weight is 419 g/mol. The number of hydrogen-bond acceptors (Lipinski definition) is 8. The van der Waals surface area contributed by atoms with Gasteiger partial charge in [-0.25, -0.2) is 0 Å². The van der Waals surface area contributed by atoms with Gasteiger partial charge in [-0.05, 0) is 26.7 Å². The van der Waals surface area contributed by atoms with Gasteiger partial charge in [-0.1, -0.05) is 25.6 Å². The zero-order chi connectivity index (χ0) is 21.4. The van der Waals surface area contributed by atoms with Gasteiger partial charge in [-0.3, -0.25) is 14.4 Å². The van der Waals surface area contributed by atoms with Gasteiger partial charge in [0.05, 0.1) is 20.1 Å². The second kappa shape index (κ2) is 11.1. The second-order valence-electron chi connectivity index (χ2n) is 8.10. The van der Waals surface area contributed by atoms with E-state index >= 15 is 0 Å². The molecule has 0 aromatic heterocycles. The second-order valence-corrected chi connectivity index (χ2v) is 9.25. The van der Waals surface area contributed by atoms with Crippen LogP contribution >= 0.6 is 11.8 Å². The molecule has 0 radical (unpaired) electrons. The van der Waals surface area contributed by atoms with E-state index in [4.69, 9.17) is 15.2 Å². The summed E-state index contributed by atoms with van der Waals surface area (Å²) in [4.78, 5) is 35.2. The number of hydrogen-bond donors (Lipinski definition) is 2. The minimum absolute atomic E-state index is 0.0487. The molecule has 8 nitrogen and oxygen atoms in total. The molecule has 1 fully saturated rings. The molecule has 1 rings (SSSR count). The lowest BCUT2D eigenvalue weighted by atomic mass is 9.85. The summed E-state index contributed by atoms with van der Waals surface area (Å²) in [6, 6.07) is -0.124. The summed E-state index contributed by atoms with van der Waals surface area (Å²) in [5.41, 5.74) is 5.65. The van der Waals surface area contributed by atoms with Gasteiger partial charge < -0.3 is 25.3 Å². The lowest BCUT2D eigenvalue weighted by Crippen LogP contribution is -2.56. The first-order valence-electron chi connectivity index (χ1n) is 9.54. The Kier molecular flexibility index (Phi) is 9.89. The van der Waals surface area contributed by atoms with Crippen LogP contribution in [0.4, 0.5) is 0 Å². The first-order valence-corrected chi connectivity index (χ1v) is 10.5. The molecule has 3 N–H and O–H groups in total. The predicted molar refractivity (Wildman–Crippen MR) is 108 cm³/mol. The van der Waals surface area contributed by atoms with Crippen LogP contribution in [0.2, 0.25) is 0 Å². The molecule has 1 amide bonds. The number of rotatable bonds is 10. The number of ether oxygens (including phenoxy) is 3. The molecule has 0 bridgehead atoms. The van der Waals surface area contributed by atoms with E-state index in [0.717, 1.165) is 0 Å². The smallest absolute Gasteiger partial charge is 0.305 e. The zero-order valence-electron chi connectivity index (χ0n) is 17.5. The van der Waals surface area contributed by atoms with Gasteiger partial charge >= 0.3 is 5.97 Å². The van der Waals surface area contributed by atoms with E-state index in [-0.39, 0.29) is 35.9 Å². The van der Waals surface area contributed by atoms with E-state index in [0.29, 0.717) is 31.7 Å². The van der Waals surface area contributed by atoms with Gasteiger partial charge in [0.25, 0.3) is 0 Å². The highest BCUT2D eigenvalue weighted by atomic mass is 32.2. The molecule has 0 spiro atoms. The van der Waals surface area contributed by atoms with E-state index < -0.39 is 17.3 Å². The van der Waals surface area contributed by atoms with Crippen LogP contribution < -0.4 is 11.1 Å². The quantitative estimate of drug-likeness (QED) is 0.514. The Hall–Kier alpha value is -1.16. The molecule has 0 aliphatic carbocycles. The number of esters is 1. The van der Waals surface area contributed by atoms with Gasteiger partial charge in [-0.2, -0.15) is 0 Å². The minimum Gasteiger partial charge on any atom is -0.469 e. The maximum absolute atomic E-state index is 12.5. The van der Waals surface area contributed by atoms with Crippen LogP contribution in [-0.4, -0.2) is 60.9 Å². The molecule has 2 atom stereocenters. The summed E-state index contributed by atoms with van der Waals surface area (Å²) in [7, 11) is 1.30. The molecule has 28 heavy (non-hydrogen) atoms. The van der Waals surface area contributed by atoms with Crippen molar-refractivity contribution in [2.45, 2.75) is 71.3 Å².